The third kappa shape index (κ3) is 6.34. The summed E-state index contributed by atoms with van der Waals surface area (Å²) in [6.45, 7) is 4.00. The zero-order valence-electron chi connectivity index (χ0n) is 11.9. The van der Waals surface area contributed by atoms with E-state index < -0.39 is 37.3 Å². The summed E-state index contributed by atoms with van der Waals surface area (Å²) in [5, 5.41) is 18.8. The van der Waals surface area contributed by atoms with Gasteiger partial charge in [-0.25, -0.2) is 4.39 Å². The molecule has 0 aromatic rings. The normalized spacial score (nSPS) is 22.3. The summed E-state index contributed by atoms with van der Waals surface area (Å²) < 4.78 is 34.9. The van der Waals surface area contributed by atoms with E-state index in [0.29, 0.717) is 0 Å². The van der Waals surface area contributed by atoms with E-state index in [0.717, 1.165) is 6.92 Å². The average molecular weight is 300 g/mol. The Hall–Kier alpha value is 0.0249. The van der Waals surface area contributed by atoms with E-state index in [4.69, 9.17) is 14.4 Å². The van der Waals surface area contributed by atoms with Crippen LogP contribution in [0.15, 0.2) is 0 Å². The first-order valence-corrected chi connectivity index (χ1v) is 7.64. The fraction of sp³-hybridized carbons (Fsp3) is 1.00. The molecule has 0 aliphatic heterocycles. The summed E-state index contributed by atoms with van der Waals surface area (Å²) in [4.78, 5) is 9.42. The second kappa shape index (κ2) is 7.15. The van der Waals surface area contributed by atoms with Gasteiger partial charge >= 0.3 is 7.60 Å². The summed E-state index contributed by atoms with van der Waals surface area (Å²) in [5.41, 5.74) is -1.27. The number of ether oxygens (including phenoxy) is 1. The minimum atomic E-state index is -4.21. The Bertz CT molecular complexity index is 327. The van der Waals surface area contributed by atoms with Gasteiger partial charge < -0.3 is 24.4 Å². The summed E-state index contributed by atoms with van der Waals surface area (Å²) in [7, 11) is -1.43. The predicted octanol–water partition coefficient (Wildman–Crippen LogP) is -0.000000000000000555. The van der Waals surface area contributed by atoms with Crippen molar-refractivity contribution in [3.63, 3.8) is 0 Å². The Morgan fingerprint density at radius 1 is 1.42 bits per heavy atom. The van der Waals surface area contributed by atoms with Crippen molar-refractivity contribution in [1.82, 2.24) is 0 Å². The molecule has 0 aromatic carbocycles. The van der Waals surface area contributed by atoms with Crippen molar-refractivity contribution in [3.05, 3.63) is 0 Å². The van der Waals surface area contributed by atoms with Crippen molar-refractivity contribution in [3.8, 4) is 0 Å². The van der Waals surface area contributed by atoms with Gasteiger partial charge in [-0.3, -0.25) is 4.57 Å². The van der Waals surface area contributed by atoms with Crippen LogP contribution < -0.4 is 0 Å². The quantitative estimate of drug-likeness (QED) is 0.431. The molecule has 0 amide bonds. The lowest BCUT2D eigenvalue weighted by atomic mass is 9.88. The van der Waals surface area contributed by atoms with Crippen LogP contribution in [-0.4, -0.2) is 59.8 Å². The van der Waals surface area contributed by atoms with E-state index >= 15 is 0 Å². The van der Waals surface area contributed by atoms with Gasteiger partial charge in [0.1, 0.15) is 14.0 Å². The summed E-state index contributed by atoms with van der Waals surface area (Å²) in [5.74, 6) is -1.55. The number of aliphatic hydroxyl groups excluding tert-OH is 2. The molecular formula is C10H23BFO6P. The Morgan fingerprint density at radius 3 is 2.26 bits per heavy atom. The van der Waals surface area contributed by atoms with Gasteiger partial charge in [-0.05, 0) is 20.8 Å². The maximum Gasteiger partial charge on any atom is 0.356 e. The van der Waals surface area contributed by atoms with Gasteiger partial charge in [0.25, 0.3) is 0 Å². The molecule has 0 saturated heterocycles. The van der Waals surface area contributed by atoms with Crippen LogP contribution >= 0.6 is 7.60 Å². The van der Waals surface area contributed by atoms with Crippen molar-refractivity contribution in [2.24, 2.45) is 0 Å². The fourth-order valence-corrected chi connectivity index (χ4v) is 2.46. The highest BCUT2D eigenvalue weighted by Crippen LogP contribution is 2.50. The highest BCUT2D eigenvalue weighted by atomic mass is 31.2. The molecule has 0 aliphatic rings. The first-order valence-electron chi connectivity index (χ1n) is 5.99. The second-order valence-corrected chi connectivity index (χ2v) is 7.26. The monoisotopic (exact) mass is 300 g/mol. The summed E-state index contributed by atoms with van der Waals surface area (Å²) in [6, 6.07) is -0.802. The SMILES string of the molecule is B[C@H](OC)[C@H](F)C(O)CC(C)(C)OP(=O)(O)C(C)O. The van der Waals surface area contributed by atoms with E-state index in [1.165, 1.54) is 28.8 Å². The molecule has 0 radical (unpaired) electrons. The molecule has 3 unspecified atom stereocenters. The lowest BCUT2D eigenvalue weighted by Gasteiger charge is -2.32. The number of hydrogen-bond donors (Lipinski definition) is 3. The maximum absolute atomic E-state index is 13.7. The van der Waals surface area contributed by atoms with Crippen LogP contribution in [0, 0.1) is 0 Å². The lowest BCUT2D eigenvalue weighted by molar-refractivity contribution is -0.0380. The van der Waals surface area contributed by atoms with Gasteiger partial charge in [-0.2, -0.15) is 0 Å². The molecule has 0 rings (SSSR count). The van der Waals surface area contributed by atoms with Crippen molar-refractivity contribution in [2.45, 2.75) is 56.9 Å². The smallest absolute Gasteiger partial charge is 0.356 e. The first kappa shape index (κ1) is 19.0. The van der Waals surface area contributed by atoms with Crippen LogP contribution in [0.2, 0.25) is 0 Å². The molecule has 0 aromatic heterocycles. The number of rotatable bonds is 8. The average Bonchev–Trinajstić information content (AvgIpc) is 2.24. The van der Waals surface area contributed by atoms with Crippen LogP contribution in [0.1, 0.15) is 27.2 Å². The first-order chi connectivity index (χ1) is 8.43. The molecular weight excluding hydrogens is 277 g/mol. The largest absolute Gasteiger partial charge is 0.390 e. The molecule has 5 atom stereocenters. The van der Waals surface area contributed by atoms with Crippen LogP contribution in [0.4, 0.5) is 4.39 Å². The summed E-state index contributed by atoms with van der Waals surface area (Å²) in [6.07, 6.45) is -3.25. The lowest BCUT2D eigenvalue weighted by Crippen LogP contribution is -2.40. The molecule has 9 heteroatoms. The van der Waals surface area contributed by atoms with Crippen LogP contribution in [0.3, 0.4) is 0 Å². The van der Waals surface area contributed by atoms with Crippen molar-refractivity contribution >= 4 is 15.4 Å². The number of hydrogen-bond acceptors (Lipinski definition) is 5. The van der Waals surface area contributed by atoms with Gasteiger partial charge in [0.2, 0.25) is 0 Å². The van der Waals surface area contributed by atoms with Gasteiger partial charge in [0.05, 0.1) is 17.7 Å². The molecule has 0 saturated carbocycles. The molecule has 0 aliphatic carbocycles. The van der Waals surface area contributed by atoms with E-state index in [-0.39, 0.29) is 6.42 Å². The van der Waals surface area contributed by atoms with Crippen LogP contribution in [0.25, 0.3) is 0 Å². The molecule has 0 heterocycles. The third-order valence-electron chi connectivity index (χ3n) is 2.74. The maximum atomic E-state index is 13.7. The van der Waals surface area contributed by atoms with Gasteiger partial charge in [0, 0.05) is 13.5 Å². The van der Waals surface area contributed by atoms with E-state index in [1.54, 1.807) is 0 Å². The minimum absolute atomic E-state index is 0.209. The van der Waals surface area contributed by atoms with Crippen molar-refractivity contribution < 1.29 is 33.3 Å². The number of methoxy groups -OCH3 is 1. The Kier molecular flexibility index (Phi) is 7.16. The minimum Gasteiger partial charge on any atom is -0.390 e. The highest BCUT2D eigenvalue weighted by molar-refractivity contribution is 7.53. The molecule has 0 spiro atoms. The number of halogens is 1. The van der Waals surface area contributed by atoms with E-state index in [9.17, 15) is 19.0 Å². The number of aliphatic hydroxyl groups is 2. The molecule has 6 nitrogen and oxygen atoms in total. The van der Waals surface area contributed by atoms with E-state index in [1.807, 2.05) is 0 Å². The molecule has 3 N–H and O–H groups in total. The van der Waals surface area contributed by atoms with Gasteiger partial charge in [-0.15, -0.1) is 0 Å². The Morgan fingerprint density at radius 2 is 1.89 bits per heavy atom. The summed E-state index contributed by atoms with van der Waals surface area (Å²) >= 11 is 0. The Labute approximate surface area is 113 Å². The van der Waals surface area contributed by atoms with Crippen molar-refractivity contribution in [1.29, 1.82) is 0 Å². The van der Waals surface area contributed by atoms with Gasteiger partial charge in [0.15, 0.2) is 5.85 Å². The second-order valence-electron chi connectivity index (χ2n) is 5.20. The molecule has 19 heavy (non-hydrogen) atoms. The standard InChI is InChI=1S/C10H23BFO6P/c1-6(13)19(15,16)18-10(2,3)5-7(14)8(12)9(11)17-4/h6-9,13-14H,5,11H2,1-4H3,(H,15,16)/t6?,7?,8-,9-/m1/s1. The van der Waals surface area contributed by atoms with Crippen LogP contribution in [-0.2, 0) is 13.8 Å². The zero-order valence-corrected chi connectivity index (χ0v) is 12.8. The molecule has 0 bridgehead atoms. The highest BCUT2D eigenvalue weighted by Gasteiger charge is 2.38. The van der Waals surface area contributed by atoms with Crippen LogP contribution in [0.5, 0.6) is 0 Å². The fourth-order valence-electron chi connectivity index (χ4n) is 1.53. The third-order valence-corrected chi connectivity index (χ3v) is 4.44. The van der Waals surface area contributed by atoms with Gasteiger partial charge in [-0.1, -0.05) is 0 Å². The Balaban J connectivity index is 4.65. The predicted molar refractivity (Wildman–Crippen MR) is 71.5 cm³/mol. The molecule has 0 fully saturated rings. The van der Waals surface area contributed by atoms with E-state index in [2.05, 4.69) is 0 Å². The topological polar surface area (TPSA) is 96.2 Å². The zero-order chi connectivity index (χ0) is 15.4. The van der Waals surface area contributed by atoms with Crippen molar-refractivity contribution in [2.75, 3.05) is 7.11 Å². The number of alkyl halides is 1. The molecule has 114 valence electrons.